The van der Waals surface area contributed by atoms with Gasteiger partial charge in [0.25, 0.3) is 0 Å². The van der Waals surface area contributed by atoms with Crippen molar-refractivity contribution in [2.75, 3.05) is 19.6 Å². The number of carbonyl (C=O) groups is 2. The van der Waals surface area contributed by atoms with E-state index < -0.39 is 5.41 Å². The molecular formula is C13H23N3O2. The Balaban J connectivity index is 4.18. The second-order valence-electron chi connectivity index (χ2n) is 4.37. The Morgan fingerprint density at radius 1 is 1.28 bits per heavy atom. The summed E-state index contributed by atoms with van der Waals surface area (Å²) in [6.07, 6.45) is 0.734. The molecule has 2 amide bonds. The highest BCUT2D eigenvalue weighted by Crippen LogP contribution is 2.19. The smallest absolute Gasteiger partial charge is 0.240 e. The molecule has 0 aliphatic rings. The maximum absolute atomic E-state index is 11.8. The number of carbonyl (C=O) groups excluding carboxylic acids is 2. The Bertz CT molecular complexity index is 332. The van der Waals surface area contributed by atoms with E-state index in [9.17, 15) is 9.59 Å². The van der Waals surface area contributed by atoms with Crippen LogP contribution in [0.2, 0.25) is 0 Å². The molecule has 1 unspecified atom stereocenters. The van der Waals surface area contributed by atoms with Gasteiger partial charge in [0.2, 0.25) is 11.8 Å². The van der Waals surface area contributed by atoms with Gasteiger partial charge in [0, 0.05) is 26.1 Å². The Morgan fingerprint density at radius 2 is 1.83 bits per heavy atom. The molecule has 0 aliphatic heterocycles. The molecule has 1 N–H and O–H groups in total. The molecule has 0 fully saturated rings. The van der Waals surface area contributed by atoms with Gasteiger partial charge in [-0.2, -0.15) is 5.26 Å². The maximum Gasteiger partial charge on any atom is 0.240 e. The van der Waals surface area contributed by atoms with Crippen LogP contribution in [0.3, 0.4) is 0 Å². The summed E-state index contributed by atoms with van der Waals surface area (Å²) in [6, 6.07) is 2.00. The summed E-state index contributed by atoms with van der Waals surface area (Å²) < 4.78 is 0. The van der Waals surface area contributed by atoms with E-state index in [0.717, 1.165) is 0 Å². The highest BCUT2D eigenvalue weighted by atomic mass is 16.2. The maximum atomic E-state index is 11.8. The molecule has 0 saturated heterocycles. The summed E-state index contributed by atoms with van der Waals surface area (Å²) in [5, 5.41) is 11.6. The third-order valence-electron chi connectivity index (χ3n) is 3.20. The molecule has 1 atom stereocenters. The zero-order valence-corrected chi connectivity index (χ0v) is 11.7. The lowest BCUT2D eigenvalue weighted by Crippen LogP contribution is -2.40. The molecule has 18 heavy (non-hydrogen) atoms. The monoisotopic (exact) mass is 253 g/mol. The molecule has 102 valence electrons. The largest absolute Gasteiger partial charge is 0.354 e. The van der Waals surface area contributed by atoms with Crippen molar-refractivity contribution in [1.29, 1.82) is 5.26 Å². The predicted octanol–water partition coefficient (Wildman–Crippen LogP) is 1.30. The minimum absolute atomic E-state index is 0.0236. The van der Waals surface area contributed by atoms with Crippen molar-refractivity contribution in [2.24, 2.45) is 5.41 Å². The summed E-state index contributed by atoms with van der Waals surface area (Å²) in [5.41, 5.74) is -1.00. The minimum atomic E-state index is -1.00. The van der Waals surface area contributed by atoms with Gasteiger partial charge in [0.1, 0.15) is 5.41 Å². The van der Waals surface area contributed by atoms with Gasteiger partial charge in [-0.05, 0) is 27.2 Å². The van der Waals surface area contributed by atoms with E-state index in [4.69, 9.17) is 5.26 Å². The van der Waals surface area contributed by atoms with Gasteiger partial charge in [0.15, 0.2) is 0 Å². The number of hydrogen-bond donors (Lipinski definition) is 1. The van der Waals surface area contributed by atoms with E-state index in [1.807, 2.05) is 19.9 Å². The summed E-state index contributed by atoms with van der Waals surface area (Å²) in [4.78, 5) is 25.2. The lowest BCUT2D eigenvalue weighted by molar-refractivity contribution is -0.131. The Labute approximate surface area is 109 Å². The summed E-state index contributed by atoms with van der Waals surface area (Å²) in [7, 11) is 0. The molecule has 5 heteroatoms. The number of nitrogens with zero attached hydrogens (tertiary/aromatic N) is 2. The van der Waals surface area contributed by atoms with Gasteiger partial charge >= 0.3 is 0 Å². The Morgan fingerprint density at radius 3 is 2.22 bits per heavy atom. The van der Waals surface area contributed by atoms with Crippen LogP contribution in [-0.2, 0) is 9.59 Å². The second kappa shape index (κ2) is 7.70. The highest BCUT2D eigenvalue weighted by molar-refractivity contribution is 5.85. The zero-order valence-electron chi connectivity index (χ0n) is 11.7. The first-order valence-electron chi connectivity index (χ1n) is 6.42. The normalized spacial score (nSPS) is 13.3. The van der Waals surface area contributed by atoms with Crippen LogP contribution in [0.4, 0.5) is 0 Å². The van der Waals surface area contributed by atoms with Crippen LogP contribution in [0.15, 0.2) is 0 Å². The number of nitrogens with one attached hydrogen (secondary N) is 1. The predicted molar refractivity (Wildman–Crippen MR) is 69.6 cm³/mol. The van der Waals surface area contributed by atoms with E-state index in [-0.39, 0.29) is 24.8 Å². The fourth-order valence-electron chi connectivity index (χ4n) is 1.50. The van der Waals surface area contributed by atoms with Crippen LogP contribution >= 0.6 is 0 Å². The topological polar surface area (TPSA) is 73.2 Å². The number of rotatable bonds is 7. The summed E-state index contributed by atoms with van der Waals surface area (Å²) in [6.45, 7) is 8.87. The molecule has 0 bridgehead atoms. The van der Waals surface area contributed by atoms with Crippen LogP contribution < -0.4 is 5.32 Å². The summed E-state index contributed by atoms with van der Waals surface area (Å²) in [5.74, 6) is -0.282. The van der Waals surface area contributed by atoms with E-state index in [2.05, 4.69) is 5.32 Å². The van der Waals surface area contributed by atoms with Gasteiger partial charge < -0.3 is 10.2 Å². The van der Waals surface area contributed by atoms with Crippen LogP contribution in [-0.4, -0.2) is 36.3 Å². The molecule has 0 spiro atoms. The fraction of sp³-hybridized carbons (Fsp3) is 0.769. The Hall–Kier alpha value is -1.57. The first-order chi connectivity index (χ1) is 8.45. The molecule has 0 heterocycles. The highest BCUT2D eigenvalue weighted by Gasteiger charge is 2.30. The van der Waals surface area contributed by atoms with Crippen LogP contribution in [0.25, 0.3) is 0 Å². The number of hydrogen-bond acceptors (Lipinski definition) is 3. The van der Waals surface area contributed by atoms with Crippen molar-refractivity contribution < 1.29 is 9.59 Å². The van der Waals surface area contributed by atoms with Gasteiger partial charge in [0.05, 0.1) is 6.07 Å². The lowest BCUT2D eigenvalue weighted by Gasteiger charge is -2.20. The fourth-order valence-corrected chi connectivity index (χ4v) is 1.50. The molecule has 0 radical (unpaired) electrons. The third-order valence-corrected chi connectivity index (χ3v) is 3.20. The van der Waals surface area contributed by atoms with Gasteiger partial charge in [-0.25, -0.2) is 0 Å². The van der Waals surface area contributed by atoms with E-state index in [1.165, 1.54) is 0 Å². The minimum Gasteiger partial charge on any atom is -0.354 e. The molecule has 0 saturated carbocycles. The lowest BCUT2D eigenvalue weighted by atomic mass is 9.88. The second-order valence-corrected chi connectivity index (χ2v) is 4.37. The van der Waals surface area contributed by atoms with E-state index in [0.29, 0.717) is 19.5 Å². The van der Waals surface area contributed by atoms with E-state index in [1.54, 1.807) is 18.7 Å². The molecule has 0 aromatic carbocycles. The first-order valence-corrected chi connectivity index (χ1v) is 6.42. The molecule has 5 nitrogen and oxygen atoms in total. The SMILES string of the molecule is CCN(CC)C(=O)CCNC(=O)C(C)(C#N)CC. The third kappa shape index (κ3) is 4.36. The average molecular weight is 253 g/mol. The van der Waals surface area contributed by atoms with Crippen LogP contribution in [0.1, 0.15) is 40.5 Å². The van der Waals surface area contributed by atoms with Gasteiger partial charge in [-0.15, -0.1) is 0 Å². The van der Waals surface area contributed by atoms with Crippen molar-refractivity contribution in [3.8, 4) is 6.07 Å². The molecule has 0 rings (SSSR count). The molecular weight excluding hydrogens is 230 g/mol. The number of nitriles is 1. The average Bonchev–Trinajstić information content (AvgIpc) is 2.39. The van der Waals surface area contributed by atoms with E-state index >= 15 is 0 Å². The van der Waals surface area contributed by atoms with Crippen molar-refractivity contribution in [3.05, 3.63) is 0 Å². The van der Waals surface area contributed by atoms with Crippen LogP contribution in [0.5, 0.6) is 0 Å². The zero-order chi connectivity index (χ0) is 14.2. The molecule has 0 aromatic rings. The molecule has 0 aliphatic carbocycles. The van der Waals surface area contributed by atoms with Crippen molar-refractivity contribution in [2.45, 2.75) is 40.5 Å². The standard InChI is InChI=1S/C13H23N3O2/c1-5-13(4,10-14)12(18)15-9-8-11(17)16(6-2)7-3/h5-9H2,1-4H3,(H,15,18). The van der Waals surface area contributed by atoms with Crippen LogP contribution in [0, 0.1) is 16.7 Å². The Kier molecular flexibility index (Phi) is 7.03. The first kappa shape index (κ1) is 16.4. The number of amides is 2. The van der Waals surface area contributed by atoms with Gasteiger partial charge in [-0.1, -0.05) is 6.92 Å². The van der Waals surface area contributed by atoms with Gasteiger partial charge in [-0.3, -0.25) is 9.59 Å². The van der Waals surface area contributed by atoms with Crippen molar-refractivity contribution in [1.82, 2.24) is 10.2 Å². The van der Waals surface area contributed by atoms with Crippen molar-refractivity contribution in [3.63, 3.8) is 0 Å². The van der Waals surface area contributed by atoms with Crippen molar-refractivity contribution >= 4 is 11.8 Å². The molecule has 0 aromatic heterocycles. The quantitative estimate of drug-likeness (QED) is 0.743. The summed E-state index contributed by atoms with van der Waals surface area (Å²) >= 11 is 0.